The summed E-state index contributed by atoms with van der Waals surface area (Å²) in [6, 6.07) is 7.43. The van der Waals surface area contributed by atoms with E-state index >= 15 is 0 Å². The van der Waals surface area contributed by atoms with E-state index in [4.69, 9.17) is 0 Å². The molecule has 0 aliphatic carbocycles. The smallest absolute Gasteiger partial charge is 0.162 e. The van der Waals surface area contributed by atoms with E-state index in [1.807, 2.05) is 18.2 Å². The molecule has 0 aliphatic rings. The van der Waals surface area contributed by atoms with Gasteiger partial charge in [0, 0.05) is 11.8 Å². The van der Waals surface area contributed by atoms with Crippen LogP contribution in [0, 0.1) is 6.67 Å². The van der Waals surface area contributed by atoms with E-state index in [9.17, 15) is 4.39 Å². The van der Waals surface area contributed by atoms with Gasteiger partial charge in [-0.05, 0) is 11.5 Å². The second kappa shape index (κ2) is 2.38. The molecule has 2 aromatic rings. The Morgan fingerprint density at radius 2 is 2.18 bits per heavy atom. The number of aromatic amines is 1. The minimum Gasteiger partial charge on any atom is -0.361 e. The van der Waals surface area contributed by atoms with E-state index < -0.39 is 0 Å². The summed E-state index contributed by atoms with van der Waals surface area (Å²) in [6.45, 7) is 0.610. The van der Waals surface area contributed by atoms with E-state index in [1.165, 1.54) is 0 Å². The first kappa shape index (κ1) is 6.40. The first-order valence-corrected chi connectivity index (χ1v) is 3.41. The number of hydrogen-bond acceptors (Lipinski definition) is 0. The molecule has 1 N–H and O–H groups in total. The molecular formula is C9H7FN. The lowest BCUT2D eigenvalue weighted by Gasteiger charge is -1.94. The average molecular weight is 148 g/mol. The molecule has 0 saturated heterocycles. The Morgan fingerprint density at radius 3 is 3.00 bits per heavy atom. The molecule has 1 nitrogen and oxygen atoms in total. The maximum absolute atomic E-state index is 12.2. The third-order valence-electron chi connectivity index (χ3n) is 1.74. The van der Waals surface area contributed by atoms with Crippen molar-refractivity contribution in [1.82, 2.24) is 4.98 Å². The molecule has 0 fully saturated rings. The highest BCUT2D eigenvalue weighted by molar-refractivity contribution is 5.83. The molecule has 0 amide bonds. The van der Waals surface area contributed by atoms with Crippen LogP contribution >= 0.6 is 0 Å². The number of halogens is 1. The van der Waals surface area contributed by atoms with Crippen molar-refractivity contribution >= 4 is 10.9 Å². The van der Waals surface area contributed by atoms with Crippen molar-refractivity contribution in [3.05, 3.63) is 42.7 Å². The first-order valence-electron chi connectivity index (χ1n) is 3.41. The first-order chi connectivity index (χ1) is 5.42. The normalized spacial score (nSPS) is 10.6. The minimum absolute atomic E-state index is 0.604. The van der Waals surface area contributed by atoms with Crippen LogP contribution < -0.4 is 0 Å². The lowest BCUT2D eigenvalue weighted by atomic mass is 10.2. The quantitative estimate of drug-likeness (QED) is 0.639. The van der Waals surface area contributed by atoms with Crippen molar-refractivity contribution in [2.75, 3.05) is 0 Å². The molecule has 0 bridgehead atoms. The SMILES string of the molecule is F[CH]c1cccc2cc[nH]c12. The predicted molar refractivity (Wildman–Crippen MR) is 42.8 cm³/mol. The summed E-state index contributed by atoms with van der Waals surface area (Å²) in [6.07, 6.45) is 1.80. The Balaban J connectivity index is 2.79. The Bertz CT molecular complexity index is 364. The van der Waals surface area contributed by atoms with Gasteiger partial charge in [0.15, 0.2) is 6.67 Å². The van der Waals surface area contributed by atoms with Crippen molar-refractivity contribution in [3.63, 3.8) is 0 Å². The zero-order valence-corrected chi connectivity index (χ0v) is 5.84. The number of rotatable bonds is 1. The van der Waals surface area contributed by atoms with Crippen LogP contribution in [0.5, 0.6) is 0 Å². The monoisotopic (exact) mass is 148 g/mol. The van der Waals surface area contributed by atoms with E-state index in [0.717, 1.165) is 10.9 Å². The number of benzene rings is 1. The van der Waals surface area contributed by atoms with Gasteiger partial charge in [0.1, 0.15) is 0 Å². The summed E-state index contributed by atoms with van der Waals surface area (Å²) in [7, 11) is 0. The standard InChI is InChI=1S/C9H7FN/c10-6-8-3-1-2-7-4-5-11-9(7)8/h1-6,11H. The third-order valence-corrected chi connectivity index (χ3v) is 1.74. The van der Waals surface area contributed by atoms with Gasteiger partial charge in [0.05, 0.1) is 5.52 Å². The van der Waals surface area contributed by atoms with Gasteiger partial charge in [-0.25, -0.2) is 4.39 Å². The molecule has 0 saturated carbocycles. The van der Waals surface area contributed by atoms with Gasteiger partial charge >= 0.3 is 0 Å². The number of nitrogens with one attached hydrogen (secondary N) is 1. The zero-order valence-electron chi connectivity index (χ0n) is 5.84. The van der Waals surface area contributed by atoms with Gasteiger partial charge in [0.2, 0.25) is 0 Å². The molecule has 2 heteroatoms. The minimum atomic E-state index is 0.604. The van der Waals surface area contributed by atoms with Crippen molar-refractivity contribution in [3.8, 4) is 0 Å². The van der Waals surface area contributed by atoms with Gasteiger partial charge in [-0.15, -0.1) is 0 Å². The Kier molecular flexibility index (Phi) is 1.39. The summed E-state index contributed by atoms with van der Waals surface area (Å²) in [5.41, 5.74) is 1.46. The lowest BCUT2D eigenvalue weighted by molar-refractivity contribution is 0.648. The molecule has 0 atom stereocenters. The molecule has 2 rings (SSSR count). The molecule has 55 valence electrons. The molecule has 0 aliphatic heterocycles. The number of aromatic nitrogens is 1. The average Bonchev–Trinajstić information content (AvgIpc) is 2.50. The number of H-pyrrole nitrogens is 1. The Hall–Kier alpha value is -1.31. The van der Waals surface area contributed by atoms with Gasteiger partial charge < -0.3 is 4.98 Å². The van der Waals surface area contributed by atoms with Gasteiger partial charge in [-0.3, -0.25) is 0 Å². The summed E-state index contributed by atoms with van der Waals surface area (Å²) in [4.78, 5) is 2.97. The Labute approximate surface area is 63.9 Å². The summed E-state index contributed by atoms with van der Waals surface area (Å²) < 4.78 is 12.2. The van der Waals surface area contributed by atoms with E-state index in [0.29, 0.717) is 12.2 Å². The summed E-state index contributed by atoms with van der Waals surface area (Å²) in [5, 5.41) is 1.04. The van der Waals surface area contributed by atoms with Crippen LogP contribution in [0.3, 0.4) is 0 Å². The summed E-state index contributed by atoms with van der Waals surface area (Å²) in [5.74, 6) is 0. The van der Waals surface area contributed by atoms with Crippen LogP contribution in [0.1, 0.15) is 5.56 Å². The topological polar surface area (TPSA) is 15.8 Å². The zero-order chi connectivity index (χ0) is 7.68. The van der Waals surface area contributed by atoms with Crippen LogP contribution in [0.2, 0.25) is 0 Å². The third kappa shape index (κ3) is 0.909. The van der Waals surface area contributed by atoms with E-state index in [1.54, 1.807) is 12.3 Å². The van der Waals surface area contributed by atoms with Crippen molar-refractivity contribution in [1.29, 1.82) is 0 Å². The van der Waals surface area contributed by atoms with Crippen molar-refractivity contribution in [2.24, 2.45) is 0 Å². The van der Waals surface area contributed by atoms with Crippen LogP contribution in [0.15, 0.2) is 30.5 Å². The highest BCUT2D eigenvalue weighted by Crippen LogP contribution is 2.18. The van der Waals surface area contributed by atoms with Gasteiger partial charge in [0.25, 0.3) is 0 Å². The highest BCUT2D eigenvalue weighted by atomic mass is 19.1. The van der Waals surface area contributed by atoms with Crippen LogP contribution in [-0.4, -0.2) is 4.98 Å². The molecule has 11 heavy (non-hydrogen) atoms. The van der Waals surface area contributed by atoms with E-state index in [2.05, 4.69) is 4.98 Å². The number of fused-ring (bicyclic) bond motifs is 1. The fraction of sp³-hybridized carbons (Fsp3) is 0. The maximum Gasteiger partial charge on any atom is 0.162 e. The van der Waals surface area contributed by atoms with Gasteiger partial charge in [-0.2, -0.15) is 0 Å². The van der Waals surface area contributed by atoms with E-state index in [-0.39, 0.29) is 0 Å². The summed E-state index contributed by atoms with van der Waals surface area (Å²) >= 11 is 0. The molecule has 0 spiro atoms. The van der Waals surface area contributed by atoms with Crippen LogP contribution in [-0.2, 0) is 0 Å². The Morgan fingerprint density at radius 1 is 1.27 bits per heavy atom. The number of hydrogen-bond donors (Lipinski definition) is 1. The fourth-order valence-corrected chi connectivity index (χ4v) is 1.20. The predicted octanol–water partition coefficient (Wildman–Crippen LogP) is 2.65. The molecular weight excluding hydrogens is 141 g/mol. The molecule has 0 unspecified atom stereocenters. The van der Waals surface area contributed by atoms with Crippen molar-refractivity contribution in [2.45, 2.75) is 0 Å². The van der Waals surface area contributed by atoms with Crippen LogP contribution in [0.4, 0.5) is 4.39 Å². The maximum atomic E-state index is 12.2. The highest BCUT2D eigenvalue weighted by Gasteiger charge is 1.99. The lowest BCUT2D eigenvalue weighted by Crippen LogP contribution is -1.77. The number of para-hydroxylation sites is 1. The molecule has 1 heterocycles. The molecule has 1 radical (unpaired) electrons. The largest absolute Gasteiger partial charge is 0.361 e. The second-order valence-electron chi connectivity index (χ2n) is 2.40. The molecule has 1 aromatic carbocycles. The van der Waals surface area contributed by atoms with Crippen LogP contribution in [0.25, 0.3) is 10.9 Å². The molecule has 1 aromatic heterocycles. The second-order valence-corrected chi connectivity index (χ2v) is 2.40. The van der Waals surface area contributed by atoms with Gasteiger partial charge in [-0.1, -0.05) is 18.2 Å². The fourth-order valence-electron chi connectivity index (χ4n) is 1.20. The van der Waals surface area contributed by atoms with Crippen molar-refractivity contribution < 1.29 is 4.39 Å².